The molecule has 0 bridgehead atoms. The van der Waals surface area contributed by atoms with Crippen LogP contribution in [0.2, 0.25) is 0 Å². The molecule has 1 aliphatic heterocycles. The molecule has 0 saturated heterocycles. The normalized spacial score (nSPS) is 17.0. The fourth-order valence-electron chi connectivity index (χ4n) is 2.19. The minimum absolute atomic E-state index is 0.0961. The minimum atomic E-state index is -4.47. The van der Waals surface area contributed by atoms with E-state index in [0.717, 1.165) is 22.0 Å². The van der Waals surface area contributed by atoms with E-state index >= 15 is 0 Å². The smallest absolute Gasteiger partial charge is 0.267 e. The quantitative estimate of drug-likeness (QED) is 0.739. The van der Waals surface area contributed by atoms with Gasteiger partial charge >= 0.3 is 6.18 Å². The molecule has 3 rings (SSSR count). The highest BCUT2D eigenvalue weighted by Gasteiger charge is 2.33. The molecule has 0 fully saturated rings. The zero-order valence-electron chi connectivity index (χ0n) is 12.0. The number of hydrogen-bond donors (Lipinski definition) is 0. The Labute approximate surface area is 134 Å². The van der Waals surface area contributed by atoms with E-state index in [0.29, 0.717) is 11.3 Å². The number of anilines is 1. The fourth-order valence-corrected chi connectivity index (χ4v) is 2.85. The summed E-state index contributed by atoms with van der Waals surface area (Å²) in [5, 5.41) is 6.98. The highest BCUT2D eigenvalue weighted by molar-refractivity contribution is 7.10. The van der Waals surface area contributed by atoms with Crippen LogP contribution in [0.25, 0.3) is 6.08 Å². The molecular weight excluding hydrogens is 325 g/mol. The number of halogens is 3. The molecule has 7 heteroatoms. The molecule has 2 aromatic rings. The van der Waals surface area contributed by atoms with Gasteiger partial charge in [-0.1, -0.05) is 12.1 Å². The molecule has 23 heavy (non-hydrogen) atoms. The van der Waals surface area contributed by atoms with Gasteiger partial charge in [0.1, 0.15) is 0 Å². The minimum Gasteiger partial charge on any atom is -0.267 e. The lowest BCUT2D eigenvalue weighted by Crippen LogP contribution is -2.21. The molecule has 0 unspecified atom stereocenters. The Kier molecular flexibility index (Phi) is 3.81. The number of thiophene rings is 1. The topological polar surface area (TPSA) is 32.7 Å². The van der Waals surface area contributed by atoms with Gasteiger partial charge in [-0.25, -0.2) is 0 Å². The van der Waals surface area contributed by atoms with E-state index in [9.17, 15) is 18.0 Å². The molecule has 1 aliphatic rings. The van der Waals surface area contributed by atoms with Crippen LogP contribution in [0.3, 0.4) is 0 Å². The molecule has 1 aromatic carbocycles. The molecule has 1 amide bonds. The first-order valence-corrected chi connectivity index (χ1v) is 7.57. The second kappa shape index (κ2) is 5.66. The van der Waals surface area contributed by atoms with Gasteiger partial charge in [0.05, 0.1) is 22.5 Å². The number of rotatable bonds is 2. The van der Waals surface area contributed by atoms with E-state index in [1.807, 2.05) is 17.5 Å². The largest absolute Gasteiger partial charge is 0.416 e. The van der Waals surface area contributed by atoms with Crippen LogP contribution in [0, 0.1) is 0 Å². The van der Waals surface area contributed by atoms with Crippen molar-refractivity contribution in [3.63, 3.8) is 0 Å². The summed E-state index contributed by atoms with van der Waals surface area (Å²) in [5.74, 6) is -0.435. The third kappa shape index (κ3) is 3.05. The fraction of sp³-hybridized carbons (Fsp3) is 0.125. The SMILES string of the molecule is CC1=NN(c2cccc(C(F)(F)F)c2)C(=O)/C1=C\c1cccs1. The van der Waals surface area contributed by atoms with E-state index in [4.69, 9.17) is 0 Å². The zero-order chi connectivity index (χ0) is 16.6. The third-order valence-corrected chi connectivity index (χ3v) is 4.13. The summed E-state index contributed by atoms with van der Waals surface area (Å²) in [6.07, 6.45) is -2.77. The molecule has 0 aliphatic carbocycles. The number of benzene rings is 1. The van der Waals surface area contributed by atoms with E-state index in [-0.39, 0.29) is 5.69 Å². The molecule has 0 saturated carbocycles. The first kappa shape index (κ1) is 15.5. The van der Waals surface area contributed by atoms with E-state index < -0.39 is 17.6 Å². The predicted molar refractivity (Wildman–Crippen MR) is 84.3 cm³/mol. The Morgan fingerprint density at radius 2 is 2.00 bits per heavy atom. The van der Waals surface area contributed by atoms with Gasteiger partial charge in [-0.3, -0.25) is 4.79 Å². The van der Waals surface area contributed by atoms with Crippen LogP contribution in [0.15, 0.2) is 52.5 Å². The molecule has 3 nitrogen and oxygen atoms in total. The molecule has 0 radical (unpaired) electrons. The first-order valence-electron chi connectivity index (χ1n) is 6.69. The van der Waals surface area contributed by atoms with Crippen LogP contribution in [0.4, 0.5) is 18.9 Å². The molecular formula is C16H11F3N2OS. The summed E-state index contributed by atoms with van der Waals surface area (Å²) in [6, 6.07) is 8.28. The van der Waals surface area contributed by atoms with Crippen molar-refractivity contribution >= 4 is 34.7 Å². The average molecular weight is 336 g/mol. The Bertz CT molecular complexity index is 807. The van der Waals surface area contributed by atoms with E-state index in [2.05, 4.69) is 5.10 Å². The van der Waals surface area contributed by atoms with Crippen LogP contribution in [-0.2, 0) is 11.0 Å². The monoisotopic (exact) mass is 336 g/mol. The maximum atomic E-state index is 12.8. The van der Waals surface area contributed by atoms with Crippen molar-refractivity contribution in [3.8, 4) is 0 Å². The van der Waals surface area contributed by atoms with Crippen molar-refractivity contribution < 1.29 is 18.0 Å². The highest BCUT2D eigenvalue weighted by Crippen LogP contribution is 2.33. The van der Waals surface area contributed by atoms with Gasteiger partial charge < -0.3 is 0 Å². The van der Waals surface area contributed by atoms with E-state index in [1.165, 1.54) is 23.5 Å². The summed E-state index contributed by atoms with van der Waals surface area (Å²) >= 11 is 1.47. The van der Waals surface area contributed by atoms with Crippen molar-refractivity contribution in [2.24, 2.45) is 5.10 Å². The lowest BCUT2D eigenvalue weighted by molar-refractivity contribution is -0.137. The molecule has 0 N–H and O–H groups in total. The Hall–Kier alpha value is -2.41. The van der Waals surface area contributed by atoms with Crippen molar-refractivity contribution in [1.29, 1.82) is 0 Å². The summed E-state index contributed by atoms with van der Waals surface area (Å²) in [7, 11) is 0. The summed E-state index contributed by atoms with van der Waals surface area (Å²) in [6.45, 7) is 1.66. The number of carbonyl (C=O) groups excluding carboxylic acids is 1. The number of carbonyl (C=O) groups is 1. The Morgan fingerprint density at radius 3 is 2.65 bits per heavy atom. The van der Waals surface area contributed by atoms with Crippen LogP contribution in [0.1, 0.15) is 17.4 Å². The van der Waals surface area contributed by atoms with Gasteiger partial charge in [0.25, 0.3) is 5.91 Å². The lowest BCUT2D eigenvalue weighted by atomic mass is 10.1. The van der Waals surface area contributed by atoms with Gasteiger partial charge in [0.15, 0.2) is 0 Å². The maximum absolute atomic E-state index is 12.8. The van der Waals surface area contributed by atoms with Crippen molar-refractivity contribution in [2.45, 2.75) is 13.1 Å². The van der Waals surface area contributed by atoms with Crippen LogP contribution < -0.4 is 5.01 Å². The summed E-state index contributed by atoms with van der Waals surface area (Å²) in [4.78, 5) is 13.4. The maximum Gasteiger partial charge on any atom is 0.416 e. The summed E-state index contributed by atoms with van der Waals surface area (Å²) in [5.41, 5.74) is 0.135. The first-order chi connectivity index (χ1) is 10.9. The zero-order valence-corrected chi connectivity index (χ0v) is 12.8. The molecule has 2 heterocycles. The molecule has 0 spiro atoms. The number of amides is 1. The molecule has 118 valence electrons. The Balaban J connectivity index is 1.96. The van der Waals surface area contributed by atoms with Gasteiger partial charge in [0, 0.05) is 4.88 Å². The van der Waals surface area contributed by atoms with Gasteiger partial charge in [-0.2, -0.15) is 23.3 Å². The number of nitrogens with zero attached hydrogens (tertiary/aromatic N) is 2. The van der Waals surface area contributed by atoms with Crippen molar-refractivity contribution in [2.75, 3.05) is 5.01 Å². The van der Waals surface area contributed by atoms with Gasteiger partial charge in [-0.05, 0) is 42.6 Å². The lowest BCUT2D eigenvalue weighted by Gasteiger charge is -2.14. The van der Waals surface area contributed by atoms with Crippen molar-refractivity contribution in [3.05, 3.63) is 57.8 Å². The number of hydrogen-bond acceptors (Lipinski definition) is 3. The predicted octanol–water partition coefficient (Wildman–Crippen LogP) is 4.57. The summed E-state index contributed by atoms with van der Waals surface area (Å²) < 4.78 is 38.4. The molecule has 0 atom stereocenters. The average Bonchev–Trinajstić information content (AvgIpc) is 3.10. The Morgan fingerprint density at radius 1 is 1.22 bits per heavy atom. The standard InChI is InChI=1S/C16H11F3N2OS/c1-10-14(9-13-6-3-7-23-13)15(22)21(20-10)12-5-2-4-11(8-12)16(17,18)19/h2-9H,1H3/b14-9-. The third-order valence-electron chi connectivity index (χ3n) is 3.31. The number of hydrazone groups is 1. The molecule has 1 aromatic heterocycles. The second-order valence-corrected chi connectivity index (χ2v) is 5.90. The van der Waals surface area contributed by atoms with Gasteiger partial charge in [0.2, 0.25) is 0 Å². The second-order valence-electron chi connectivity index (χ2n) is 4.92. The van der Waals surface area contributed by atoms with Gasteiger partial charge in [-0.15, -0.1) is 11.3 Å². The van der Waals surface area contributed by atoms with E-state index in [1.54, 1.807) is 13.0 Å². The highest BCUT2D eigenvalue weighted by atomic mass is 32.1. The van der Waals surface area contributed by atoms with Crippen LogP contribution in [-0.4, -0.2) is 11.6 Å². The van der Waals surface area contributed by atoms with Crippen LogP contribution in [0.5, 0.6) is 0 Å². The van der Waals surface area contributed by atoms with Crippen LogP contribution >= 0.6 is 11.3 Å². The van der Waals surface area contributed by atoms with Crippen molar-refractivity contribution in [1.82, 2.24) is 0 Å². The number of alkyl halides is 3.